The topological polar surface area (TPSA) is 33.1 Å². The molecule has 0 amide bonds. The molecule has 1 unspecified atom stereocenters. The number of hydrogen-bond acceptors (Lipinski definition) is 2. The number of hydrogen-bond donors (Lipinski definition) is 1. The summed E-state index contributed by atoms with van der Waals surface area (Å²) in [5.41, 5.74) is -0.295. The lowest BCUT2D eigenvalue weighted by molar-refractivity contribution is -0.0732. The van der Waals surface area contributed by atoms with E-state index < -0.39 is 17.8 Å². The van der Waals surface area contributed by atoms with E-state index in [1.165, 1.54) is 0 Å². The van der Waals surface area contributed by atoms with Crippen LogP contribution in [-0.4, -0.2) is 16.0 Å². The molecular weight excluding hydrogens is 195 g/mol. The normalized spacial score (nSPS) is 13.7. The molecule has 0 spiro atoms. The Morgan fingerprint density at radius 3 is 2.57 bits per heavy atom. The summed E-state index contributed by atoms with van der Waals surface area (Å²) in [4.78, 5) is 3.34. The van der Waals surface area contributed by atoms with Crippen LogP contribution in [0.1, 0.15) is 11.8 Å². The first kappa shape index (κ1) is 10.7. The lowest BCUT2D eigenvalue weighted by Crippen LogP contribution is -2.24. The SMILES string of the molecule is C=CC(F)(F)C(O)c1ccc(F)cn1. The summed E-state index contributed by atoms with van der Waals surface area (Å²) in [6.07, 6.45) is -1.01. The lowest BCUT2D eigenvalue weighted by atomic mass is 10.1. The third-order valence-corrected chi connectivity index (χ3v) is 1.67. The molecule has 76 valence electrons. The van der Waals surface area contributed by atoms with Crippen LogP contribution in [-0.2, 0) is 0 Å². The van der Waals surface area contributed by atoms with Gasteiger partial charge in [-0.25, -0.2) is 4.39 Å². The zero-order valence-electron chi connectivity index (χ0n) is 7.12. The van der Waals surface area contributed by atoms with Gasteiger partial charge in [0.1, 0.15) is 5.82 Å². The van der Waals surface area contributed by atoms with Crippen molar-refractivity contribution in [2.24, 2.45) is 0 Å². The van der Waals surface area contributed by atoms with Gasteiger partial charge in [0.15, 0.2) is 6.10 Å². The van der Waals surface area contributed by atoms with Gasteiger partial charge in [0.05, 0.1) is 11.9 Å². The molecule has 0 saturated carbocycles. The number of nitrogens with zero attached hydrogens (tertiary/aromatic N) is 1. The molecule has 0 aromatic carbocycles. The Morgan fingerprint density at radius 2 is 2.14 bits per heavy atom. The number of alkyl halides is 2. The van der Waals surface area contributed by atoms with Crippen LogP contribution in [0, 0.1) is 5.82 Å². The first-order valence-corrected chi connectivity index (χ1v) is 3.78. The maximum Gasteiger partial charge on any atom is 0.297 e. The van der Waals surface area contributed by atoms with Gasteiger partial charge in [0.2, 0.25) is 0 Å². The van der Waals surface area contributed by atoms with Crippen molar-refractivity contribution in [2.45, 2.75) is 12.0 Å². The Hall–Kier alpha value is -1.36. The fourth-order valence-electron chi connectivity index (χ4n) is 0.858. The second kappa shape index (κ2) is 3.79. The van der Waals surface area contributed by atoms with E-state index in [0.29, 0.717) is 6.08 Å². The number of aromatic nitrogens is 1. The minimum Gasteiger partial charge on any atom is -0.380 e. The van der Waals surface area contributed by atoms with E-state index in [-0.39, 0.29) is 5.69 Å². The summed E-state index contributed by atoms with van der Waals surface area (Å²) in [7, 11) is 0. The number of aliphatic hydroxyl groups excluding tert-OH is 1. The van der Waals surface area contributed by atoms with Crippen LogP contribution in [0.3, 0.4) is 0 Å². The van der Waals surface area contributed by atoms with Crippen LogP contribution in [0.25, 0.3) is 0 Å². The molecule has 0 aliphatic carbocycles. The van der Waals surface area contributed by atoms with Gasteiger partial charge >= 0.3 is 0 Å². The van der Waals surface area contributed by atoms with E-state index in [9.17, 15) is 13.2 Å². The largest absolute Gasteiger partial charge is 0.380 e. The number of rotatable bonds is 3. The smallest absolute Gasteiger partial charge is 0.297 e. The highest BCUT2D eigenvalue weighted by molar-refractivity contribution is 5.13. The van der Waals surface area contributed by atoms with Crippen molar-refractivity contribution in [3.63, 3.8) is 0 Å². The minimum atomic E-state index is -3.47. The Kier molecular flexibility index (Phi) is 2.90. The van der Waals surface area contributed by atoms with Gasteiger partial charge in [-0.05, 0) is 18.2 Å². The van der Waals surface area contributed by atoms with Gasteiger partial charge in [-0.3, -0.25) is 4.98 Å². The number of pyridine rings is 1. The second-order valence-electron chi connectivity index (χ2n) is 2.68. The van der Waals surface area contributed by atoms with Crippen LogP contribution in [0.4, 0.5) is 13.2 Å². The number of halogens is 3. The summed E-state index contributed by atoms with van der Waals surface area (Å²) < 4.78 is 38.0. The standard InChI is InChI=1S/C9H8F3NO/c1-2-9(11,12)8(14)7-4-3-6(10)5-13-7/h2-5,8,14H,1H2. The van der Waals surface area contributed by atoms with Gasteiger partial charge < -0.3 is 5.11 Å². The van der Waals surface area contributed by atoms with E-state index in [1.54, 1.807) is 0 Å². The van der Waals surface area contributed by atoms with Crippen molar-refractivity contribution in [3.8, 4) is 0 Å². The summed E-state index contributed by atoms with van der Waals surface area (Å²) >= 11 is 0. The average molecular weight is 203 g/mol. The summed E-state index contributed by atoms with van der Waals surface area (Å²) in [5, 5.41) is 9.13. The summed E-state index contributed by atoms with van der Waals surface area (Å²) in [6, 6.07) is 1.95. The van der Waals surface area contributed by atoms with Gasteiger partial charge in [-0.15, -0.1) is 0 Å². The van der Waals surface area contributed by atoms with Crippen LogP contribution in [0.15, 0.2) is 31.0 Å². The fraction of sp³-hybridized carbons (Fsp3) is 0.222. The molecule has 0 bridgehead atoms. The van der Waals surface area contributed by atoms with Crippen LogP contribution in [0.2, 0.25) is 0 Å². The van der Waals surface area contributed by atoms with E-state index in [4.69, 9.17) is 5.11 Å². The molecule has 0 aliphatic rings. The summed E-state index contributed by atoms with van der Waals surface area (Å²) in [5.74, 6) is -4.12. The number of aliphatic hydroxyl groups is 1. The minimum absolute atomic E-state index is 0.295. The lowest BCUT2D eigenvalue weighted by Gasteiger charge is -2.17. The highest BCUT2D eigenvalue weighted by Crippen LogP contribution is 2.30. The monoisotopic (exact) mass is 203 g/mol. The third kappa shape index (κ3) is 2.11. The molecular formula is C9H8F3NO. The van der Waals surface area contributed by atoms with E-state index >= 15 is 0 Å². The van der Waals surface area contributed by atoms with Crippen molar-refractivity contribution in [2.75, 3.05) is 0 Å². The Morgan fingerprint density at radius 1 is 1.50 bits per heavy atom. The molecule has 1 rings (SSSR count). The van der Waals surface area contributed by atoms with Crippen molar-refractivity contribution in [3.05, 3.63) is 42.5 Å². The molecule has 1 aromatic heterocycles. The van der Waals surface area contributed by atoms with Crippen molar-refractivity contribution >= 4 is 0 Å². The van der Waals surface area contributed by atoms with Crippen molar-refractivity contribution in [1.82, 2.24) is 4.98 Å². The molecule has 0 fully saturated rings. The van der Waals surface area contributed by atoms with Crippen molar-refractivity contribution in [1.29, 1.82) is 0 Å². The van der Waals surface area contributed by atoms with Crippen LogP contribution in [0.5, 0.6) is 0 Å². The molecule has 0 saturated heterocycles. The molecule has 1 heterocycles. The Balaban J connectivity index is 2.95. The predicted octanol–water partition coefficient (Wildman–Crippen LogP) is 2.08. The van der Waals surface area contributed by atoms with Gasteiger partial charge in [0.25, 0.3) is 5.92 Å². The predicted molar refractivity (Wildman–Crippen MR) is 44.3 cm³/mol. The Labute approximate surface area is 78.7 Å². The first-order chi connectivity index (χ1) is 6.47. The highest BCUT2D eigenvalue weighted by Gasteiger charge is 2.36. The van der Waals surface area contributed by atoms with E-state index in [2.05, 4.69) is 11.6 Å². The van der Waals surface area contributed by atoms with E-state index in [1.807, 2.05) is 0 Å². The fourth-order valence-corrected chi connectivity index (χ4v) is 0.858. The molecule has 14 heavy (non-hydrogen) atoms. The van der Waals surface area contributed by atoms with Crippen molar-refractivity contribution < 1.29 is 18.3 Å². The average Bonchev–Trinajstić information content (AvgIpc) is 2.18. The molecule has 0 radical (unpaired) electrons. The summed E-state index contributed by atoms with van der Waals surface area (Å²) in [6.45, 7) is 2.88. The zero-order valence-corrected chi connectivity index (χ0v) is 7.12. The second-order valence-corrected chi connectivity index (χ2v) is 2.68. The van der Waals surface area contributed by atoms with Gasteiger partial charge in [0, 0.05) is 0 Å². The molecule has 1 N–H and O–H groups in total. The Bertz CT molecular complexity index is 323. The first-order valence-electron chi connectivity index (χ1n) is 3.78. The zero-order chi connectivity index (χ0) is 10.8. The van der Waals surface area contributed by atoms with Crippen LogP contribution >= 0.6 is 0 Å². The highest BCUT2D eigenvalue weighted by atomic mass is 19.3. The molecule has 1 aromatic rings. The molecule has 1 atom stereocenters. The third-order valence-electron chi connectivity index (χ3n) is 1.67. The van der Waals surface area contributed by atoms with Crippen LogP contribution < -0.4 is 0 Å². The van der Waals surface area contributed by atoms with Gasteiger partial charge in [-0.2, -0.15) is 8.78 Å². The molecule has 2 nitrogen and oxygen atoms in total. The van der Waals surface area contributed by atoms with Gasteiger partial charge in [-0.1, -0.05) is 6.58 Å². The van der Waals surface area contributed by atoms with E-state index in [0.717, 1.165) is 18.3 Å². The molecule has 0 aliphatic heterocycles. The maximum absolute atomic E-state index is 12.8. The molecule has 5 heteroatoms. The quantitative estimate of drug-likeness (QED) is 0.763. The maximum atomic E-state index is 12.8.